The van der Waals surface area contributed by atoms with Crippen LogP contribution in [0.3, 0.4) is 0 Å². The first-order valence-corrected chi connectivity index (χ1v) is 9.23. The molecule has 4 rings (SSSR count). The summed E-state index contributed by atoms with van der Waals surface area (Å²) in [5.74, 6) is 1.93. The van der Waals surface area contributed by atoms with Crippen LogP contribution < -0.4 is 21.9 Å². The summed E-state index contributed by atoms with van der Waals surface area (Å²) < 4.78 is 39.0. The highest BCUT2D eigenvalue weighted by atomic mass is 19.4. The first-order chi connectivity index (χ1) is 13.4. The second-order valence-corrected chi connectivity index (χ2v) is 7.17. The summed E-state index contributed by atoms with van der Waals surface area (Å²) in [6, 6.07) is 1.34. The largest absolute Gasteiger partial charge is 0.435 e. The summed E-state index contributed by atoms with van der Waals surface area (Å²) in [6.45, 7) is 1.52. The molecule has 2 aromatic rings. The standard InChI is InChI=1S/C16H22F3N9/c17-16(18,19)12-3-5-28(27-12)6-4-21-15-24-13(23-14(20)25-15)9-1-2-10-8-22-26-11(10)7-9/h3,5,9-11,22,26H,1-2,4,6-8H2,(H3,20,21,23,24,25). The van der Waals surface area contributed by atoms with Gasteiger partial charge in [-0.15, -0.1) is 0 Å². The Hall–Kier alpha value is -2.47. The average Bonchev–Trinajstić information content (AvgIpc) is 3.29. The van der Waals surface area contributed by atoms with Crippen molar-refractivity contribution in [2.75, 3.05) is 24.1 Å². The summed E-state index contributed by atoms with van der Waals surface area (Å²) in [7, 11) is 0. The van der Waals surface area contributed by atoms with Crippen molar-refractivity contribution in [3.63, 3.8) is 0 Å². The average molecular weight is 397 g/mol. The minimum atomic E-state index is -4.45. The van der Waals surface area contributed by atoms with E-state index in [2.05, 4.69) is 36.2 Å². The molecule has 0 aromatic carbocycles. The number of nitrogens with one attached hydrogen (secondary N) is 3. The topological polar surface area (TPSA) is 119 Å². The van der Waals surface area contributed by atoms with Gasteiger partial charge in [-0.05, 0) is 31.2 Å². The van der Waals surface area contributed by atoms with Crippen LogP contribution in [0.4, 0.5) is 25.1 Å². The van der Waals surface area contributed by atoms with Crippen molar-refractivity contribution in [3.05, 3.63) is 23.8 Å². The fourth-order valence-electron chi connectivity index (χ4n) is 3.80. The molecule has 5 N–H and O–H groups in total. The maximum Gasteiger partial charge on any atom is 0.435 e. The molecule has 3 heterocycles. The molecule has 1 saturated carbocycles. The molecule has 1 aliphatic heterocycles. The van der Waals surface area contributed by atoms with Crippen molar-refractivity contribution < 1.29 is 13.2 Å². The molecule has 2 fully saturated rings. The summed E-state index contributed by atoms with van der Waals surface area (Å²) in [5, 5.41) is 6.51. The molecule has 28 heavy (non-hydrogen) atoms. The van der Waals surface area contributed by atoms with Crippen LogP contribution in [0.2, 0.25) is 0 Å². The van der Waals surface area contributed by atoms with Gasteiger partial charge in [-0.2, -0.15) is 33.2 Å². The van der Waals surface area contributed by atoms with Crippen molar-refractivity contribution in [2.45, 2.75) is 43.9 Å². The number of nitrogen functional groups attached to an aromatic ring is 1. The molecular formula is C16H22F3N9. The quantitative estimate of drug-likeness (QED) is 0.593. The number of alkyl halides is 3. The van der Waals surface area contributed by atoms with Gasteiger partial charge in [0.1, 0.15) is 5.82 Å². The molecule has 2 aliphatic rings. The summed E-state index contributed by atoms with van der Waals surface area (Å²) in [4.78, 5) is 12.8. The van der Waals surface area contributed by atoms with E-state index in [1.54, 1.807) is 0 Å². The van der Waals surface area contributed by atoms with Gasteiger partial charge in [0, 0.05) is 31.2 Å². The molecule has 12 heteroatoms. The molecular weight excluding hydrogens is 375 g/mol. The lowest BCUT2D eigenvalue weighted by Crippen LogP contribution is -2.36. The highest BCUT2D eigenvalue weighted by Gasteiger charge is 2.36. The van der Waals surface area contributed by atoms with Gasteiger partial charge >= 0.3 is 6.18 Å². The number of hydrogen-bond donors (Lipinski definition) is 4. The van der Waals surface area contributed by atoms with Crippen molar-refractivity contribution >= 4 is 11.9 Å². The Morgan fingerprint density at radius 3 is 2.89 bits per heavy atom. The van der Waals surface area contributed by atoms with E-state index < -0.39 is 11.9 Å². The second-order valence-electron chi connectivity index (χ2n) is 7.17. The van der Waals surface area contributed by atoms with E-state index in [0.717, 1.165) is 31.9 Å². The number of hydrazine groups is 1. The van der Waals surface area contributed by atoms with Crippen LogP contribution in [-0.2, 0) is 12.7 Å². The Labute approximate surface area is 159 Å². The fourth-order valence-corrected chi connectivity index (χ4v) is 3.80. The van der Waals surface area contributed by atoms with Crippen LogP contribution >= 0.6 is 0 Å². The molecule has 1 saturated heterocycles. The predicted octanol–water partition coefficient (Wildman–Crippen LogP) is 1.14. The van der Waals surface area contributed by atoms with E-state index >= 15 is 0 Å². The summed E-state index contributed by atoms with van der Waals surface area (Å²) in [6.07, 6.45) is -0.156. The van der Waals surface area contributed by atoms with E-state index in [1.165, 1.54) is 10.9 Å². The van der Waals surface area contributed by atoms with E-state index in [1.807, 2.05) is 0 Å². The number of nitrogens with two attached hydrogens (primary N) is 1. The molecule has 0 bridgehead atoms. The number of fused-ring (bicyclic) bond motifs is 1. The summed E-state index contributed by atoms with van der Waals surface area (Å²) in [5.41, 5.74) is 11.4. The number of halogens is 3. The zero-order valence-corrected chi connectivity index (χ0v) is 15.1. The second kappa shape index (κ2) is 7.51. The van der Waals surface area contributed by atoms with Crippen LogP contribution in [0.5, 0.6) is 0 Å². The minimum Gasteiger partial charge on any atom is -0.368 e. The number of rotatable bonds is 5. The van der Waals surface area contributed by atoms with E-state index in [-0.39, 0.29) is 18.4 Å². The molecule has 0 radical (unpaired) electrons. The lowest BCUT2D eigenvalue weighted by atomic mass is 9.79. The lowest BCUT2D eigenvalue weighted by molar-refractivity contribution is -0.141. The lowest BCUT2D eigenvalue weighted by Gasteiger charge is -2.29. The Balaban J connectivity index is 1.37. The first kappa shape index (κ1) is 18.9. The molecule has 3 atom stereocenters. The number of anilines is 2. The molecule has 152 valence electrons. The minimum absolute atomic E-state index is 0.130. The zero-order valence-electron chi connectivity index (χ0n) is 15.1. The van der Waals surface area contributed by atoms with Crippen LogP contribution in [0.15, 0.2) is 12.3 Å². The smallest absolute Gasteiger partial charge is 0.368 e. The number of nitrogens with zero attached hydrogens (tertiary/aromatic N) is 5. The zero-order chi connectivity index (χ0) is 19.7. The Morgan fingerprint density at radius 2 is 2.11 bits per heavy atom. The highest BCUT2D eigenvalue weighted by molar-refractivity contribution is 5.32. The van der Waals surface area contributed by atoms with Gasteiger partial charge in [-0.3, -0.25) is 15.5 Å². The van der Waals surface area contributed by atoms with E-state index in [9.17, 15) is 13.2 Å². The number of hydrogen-bond acceptors (Lipinski definition) is 8. The predicted molar refractivity (Wildman–Crippen MR) is 95.0 cm³/mol. The Bertz CT molecular complexity index is 822. The van der Waals surface area contributed by atoms with Crippen molar-refractivity contribution in [2.24, 2.45) is 5.92 Å². The van der Waals surface area contributed by atoms with Gasteiger partial charge in [-0.1, -0.05) is 0 Å². The molecule has 0 amide bonds. The van der Waals surface area contributed by atoms with Gasteiger partial charge < -0.3 is 11.1 Å². The third-order valence-electron chi connectivity index (χ3n) is 5.24. The van der Waals surface area contributed by atoms with E-state index in [0.29, 0.717) is 30.3 Å². The summed E-state index contributed by atoms with van der Waals surface area (Å²) >= 11 is 0. The van der Waals surface area contributed by atoms with Crippen LogP contribution in [-0.4, -0.2) is 43.9 Å². The van der Waals surface area contributed by atoms with Crippen molar-refractivity contribution in [1.29, 1.82) is 0 Å². The van der Waals surface area contributed by atoms with Gasteiger partial charge in [0.2, 0.25) is 11.9 Å². The van der Waals surface area contributed by atoms with Gasteiger partial charge in [0.05, 0.1) is 6.54 Å². The SMILES string of the molecule is Nc1nc(NCCn2ccc(C(F)(F)F)n2)nc(C2CCC3CNNC3C2)n1. The monoisotopic (exact) mass is 397 g/mol. The molecule has 1 aliphatic carbocycles. The van der Waals surface area contributed by atoms with Crippen LogP contribution in [0, 0.1) is 5.92 Å². The van der Waals surface area contributed by atoms with Gasteiger partial charge in [0.25, 0.3) is 0 Å². The van der Waals surface area contributed by atoms with Crippen LogP contribution in [0.1, 0.15) is 36.7 Å². The van der Waals surface area contributed by atoms with E-state index in [4.69, 9.17) is 5.73 Å². The Morgan fingerprint density at radius 1 is 1.25 bits per heavy atom. The van der Waals surface area contributed by atoms with Gasteiger partial charge in [-0.25, -0.2) is 0 Å². The molecule has 3 unspecified atom stereocenters. The molecule has 9 nitrogen and oxygen atoms in total. The molecule has 0 spiro atoms. The van der Waals surface area contributed by atoms with Crippen LogP contribution in [0.25, 0.3) is 0 Å². The third kappa shape index (κ3) is 4.17. The van der Waals surface area contributed by atoms with Crippen molar-refractivity contribution in [3.8, 4) is 0 Å². The first-order valence-electron chi connectivity index (χ1n) is 9.23. The van der Waals surface area contributed by atoms with Gasteiger partial charge in [0.15, 0.2) is 5.69 Å². The fraction of sp³-hybridized carbons (Fsp3) is 0.625. The third-order valence-corrected chi connectivity index (χ3v) is 5.24. The normalized spacial score (nSPS) is 24.9. The van der Waals surface area contributed by atoms with Crippen molar-refractivity contribution in [1.82, 2.24) is 35.6 Å². The Kier molecular flexibility index (Phi) is 5.06. The molecule has 2 aromatic heterocycles. The number of aromatic nitrogens is 5. The highest BCUT2D eigenvalue weighted by Crippen LogP contribution is 2.36. The maximum absolute atomic E-state index is 12.6. The maximum atomic E-state index is 12.6.